The number of benzene rings is 1. The van der Waals surface area contributed by atoms with E-state index in [1.807, 2.05) is 6.92 Å². The van der Waals surface area contributed by atoms with Gasteiger partial charge in [0.2, 0.25) is 6.79 Å². The largest absolute Gasteiger partial charge is 0.457 e. The highest BCUT2D eigenvalue weighted by Gasteiger charge is 2.35. The highest BCUT2D eigenvalue weighted by Crippen LogP contribution is 2.32. The van der Waals surface area contributed by atoms with E-state index in [1.54, 1.807) is 26.0 Å². The van der Waals surface area contributed by atoms with Crippen molar-refractivity contribution < 1.29 is 33.3 Å². The van der Waals surface area contributed by atoms with Gasteiger partial charge in [-0.05, 0) is 26.0 Å². The Bertz CT molecular complexity index is 1110. The van der Waals surface area contributed by atoms with Gasteiger partial charge in [0.15, 0.2) is 0 Å². The van der Waals surface area contributed by atoms with Crippen molar-refractivity contribution in [1.82, 2.24) is 15.1 Å². The van der Waals surface area contributed by atoms with Crippen LogP contribution >= 0.6 is 23.2 Å². The molecule has 2 saturated heterocycles. The van der Waals surface area contributed by atoms with Crippen LogP contribution in [0.2, 0.25) is 10.0 Å². The topological polar surface area (TPSA) is 98.8 Å². The van der Waals surface area contributed by atoms with Crippen molar-refractivity contribution in [2.24, 2.45) is 5.92 Å². The van der Waals surface area contributed by atoms with Gasteiger partial charge in [0, 0.05) is 62.6 Å². The Morgan fingerprint density at radius 2 is 1.48 bits per heavy atom. The molecule has 10 nitrogen and oxygen atoms in total. The van der Waals surface area contributed by atoms with E-state index in [0.29, 0.717) is 77.9 Å². The molecule has 3 heterocycles. The highest BCUT2D eigenvalue weighted by atomic mass is 35.5. The van der Waals surface area contributed by atoms with Crippen LogP contribution in [0.3, 0.4) is 0 Å². The molecule has 1 atom stereocenters. The standard InChI is InChI=1S/C28H37Cl2N3O7/c1-18-25(27(34)39-17-38-21-4-5-23(29)24(30)14-21)19(2)31-20(3)26(18)28(35)40-22(15-32-6-10-36-11-7-32)16-33-8-12-37-13-9-33/h4-5,14,18,22,31H,6-13,15-17H2,1-3H3. The minimum atomic E-state index is -0.589. The van der Waals surface area contributed by atoms with Gasteiger partial charge in [-0.1, -0.05) is 30.1 Å². The maximum atomic E-state index is 13.6. The average molecular weight is 599 g/mol. The Balaban J connectivity index is 1.40. The van der Waals surface area contributed by atoms with E-state index in [-0.39, 0.29) is 12.9 Å². The number of allylic oxidation sites excluding steroid dienone is 2. The van der Waals surface area contributed by atoms with Crippen molar-refractivity contribution in [3.05, 3.63) is 50.8 Å². The lowest BCUT2D eigenvalue weighted by atomic mass is 9.87. The fourth-order valence-electron chi connectivity index (χ4n) is 5.16. The zero-order valence-corrected chi connectivity index (χ0v) is 24.7. The maximum absolute atomic E-state index is 13.6. The molecule has 3 aliphatic heterocycles. The molecule has 3 aliphatic rings. The van der Waals surface area contributed by atoms with Gasteiger partial charge in [0.05, 0.1) is 47.6 Å². The normalized spacial score (nSPS) is 20.9. The number of rotatable bonds is 10. The van der Waals surface area contributed by atoms with Gasteiger partial charge in [0.1, 0.15) is 11.9 Å². The van der Waals surface area contributed by atoms with Crippen molar-refractivity contribution in [2.75, 3.05) is 72.5 Å². The van der Waals surface area contributed by atoms with E-state index in [1.165, 1.54) is 6.07 Å². The van der Waals surface area contributed by atoms with Crippen LogP contribution in [0.15, 0.2) is 40.7 Å². The van der Waals surface area contributed by atoms with Crippen molar-refractivity contribution >= 4 is 35.1 Å². The van der Waals surface area contributed by atoms with E-state index in [4.69, 9.17) is 46.9 Å². The molecule has 0 aromatic heterocycles. The van der Waals surface area contributed by atoms with Crippen molar-refractivity contribution in [3.63, 3.8) is 0 Å². The van der Waals surface area contributed by atoms with Gasteiger partial charge in [-0.25, -0.2) is 9.59 Å². The van der Waals surface area contributed by atoms with Gasteiger partial charge in [-0.3, -0.25) is 9.80 Å². The van der Waals surface area contributed by atoms with E-state index in [0.717, 1.165) is 26.2 Å². The van der Waals surface area contributed by atoms with Crippen LogP contribution in [-0.2, 0) is 28.5 Å². The molecule has 1 N–H and O–H groups in total. The summed E-state index contributed by atoms with van der Waals surface area (Å²) in [5.41, 5.74) is 2.00. The van der Waals surface area contributed by atoms with Crippen LogP contribution in [-0.4, -0.2) is 100 Å². The number of dihydropyridines is 1. The summed E-state index contributed by atoms with van der Waals surface area (Å²) in [5, 5.41) is 3.89. The maximum Gasteiger partial charge on any atom is 0.339 e. The summed E-state index contributed by atoms with van der Waals surface area (Å²) in [5.74, 6) is -1.17. The average Bonchev–Trinajstić information content (AvgIpc) is 2.91. The molecule has 1 aromatic carbocycles. The lowest BCUT2D eigenvalue weighted by molar-refractivity contribution is -0.148. The van der Waals surface area contributed by atoms with E-state index < -0.39 is 17.9 Å². The van der Waals surface area contributed by atoms with Crippen LogP contribution in [0.1, 0.15) is 20.8 Å². The quantitative estimate of drug-likeness (QED) is 0.319. The molecule has 4 rings (SSSR count). The monoisotopic (exact) mass is 597 g/mol. The number of hydrogen-bond donors (Lipinski definition) is 1. The zero-order chi connectivity index (χ0) is 28.6. The number of hydrogen-bond acceptors (Lipinski definition) is 10. The third kappa shape index (κ3) is 8.11. The first kappa shape index (κ1) is 30.6. The Labute approximate surface area is 245 Å². The van der Waals surface area contributed by atoms with Gasteiger partial charge in [-0.2, -0.15) is 0 Å². The molecular weight excluding hydrogens is 561 g/mol. The van der Waals surface area contributed by atoms with E-state index >= 15 is 0 Å². The van der Waals surface area contributed by atoms with Gasteiger partial charge in [0.25, 0.3) is 0 Å². The summed E-state index contributed by atoms with van der Waals surface area (Å²) in [6.07, 6.45) is -0.349. The Hall–Kier alpha value is -2.34. The van der Waals surface area contributed by atoms with Gasteiger partial charge >= 0.3 is 11.9 Å². The summed E-state index contributed by atoms with van der Waals surface area (Å²) in [6.45, 7) is 12.1. The molecule has 0 aliphatic carbocycles. The molecule has 2 fully saturated rings. The summed E-state index contributed by atoms with van der Waals surface area (Å²) in [6, 6.07) is 4.76. The summed E-state index contributed by atoms with van der Waals surface area (Å²) in [7, 11) is 0. The minimum absolute atomic E-state index is 0.329. The SMILES string of the molecule is CC1=C(C(=O)OCOc2ccc(Cl)c(Cl)c2)C(C)C(C(=O)OC(CN2CCOCC2)CN2CCOCC2)=C(C)N1. The Morgan fingerprint density at radius 1 is 0.925 bits per heavy atom. The first-order valence-electron chi connectivity index (χ1n) is 13.5. The molecule has 0 spiro atoms. The first-order valence-corrected chi connectivity index (χ1v) is 14.2. The van der Waals surface area contributed by atoms with E-state index in [2.05, 4.69) is 15.1 Å². The van der Waals surface area contributed by atoms with Gasteiger partial charge in [-0.15, -0.1) is 0 Å². The number of nitrogens with one attached hydrogen (secondary N) is 1. The smallest absolute Gasteiger partial charge is 0.339 e. The molecule has 0 saturated carbocycles. The molecule has 40 heavy (non-hydrogen) atoms. The second kappa shape index (κ2) is 14.5. The fourth-order valence-corrected chi connectivity index (χ4v) is 5.44. The van der Waals surface area contributed by atoms with Crippen LogP contribution in [0.25, 0.3) is 0 Å². The number of ether oxygens (including phenoxy) is 5. The van der Waals surface area contributed by atoms with Gasteiger partial charge < -0.3 is 29.0 Å². The Kier molecular flexibility index (Phi) is 11.1. The number of carbonyl (C=O) groups excluding carboxylic acids is 2. The van der Waals surface area contributed by atoms with Crippen molar-refractivity contribution in [2.45, 2.75) is 26.9 Å². The predicted molar refractivity (Wildman–Crippen MR) is 150 cm³/mol. The highest BCUT2D eigenvalue weighted by molar-refractivity contribution is 6.42. The fraction of sp³-hybridized carbons (Fsp3) is 0.571. The van der Waals surface area contributed by atoms with Crippen molar-refractivity contribution in [3.8, 4) is 5.75 Å². The Morgan fingerprint density at radius 3 is 2.02 bits per heavy atom. The number of morpholine rings is 2. The molecule has 0 radical (unpaired) electrons. The molecule has 0 amide bonds. The number of esters is 2. The number of nitrogens with zero attached hydrogens (tertiary/aromatic N) is 2. The molecule has 220 valence electrons. The molecule has 0 bridgehead atoms. The first-order chi connectivity index (χ1) is 19.2. The third-order valence-corrected chi connectivity index (χ3v) is 7.94. The second-order valence-electron chi connectivity index (χ2n) is 10.0. The number of carbonyl (C=O) groups is 2. The van der Waals surface area contributed by atoms with Crippen LogP contribution in [0.5, 0.6) is 5.75 Å². The second-order valence-corrected chi connectivity index (χ2v) is 10.9. The molecule has 1 unspecified atom stereocenters. The molecular formula is C28H37Cl2N3O7. The summed E-state index contributed by atoms with van der Waals surface area (Å²) < 4.78 is 28.0. The lowest BCUT2D eigenvalue weighted by Crippen LogP contribution is -2.48. The third-order valence-electron chi connectivity index (χ3n) is 7.20. The van der Waals surface area contributed by atoms with E-state index in [9.17, 15) is 9.59 Å². The zero-order valence-electron chi connectivity index (χ0n) is 23.2. The lowest BCUT2D eigenvalue weighted by Gasteiger charge is -2.35. The number of halogens is 2. The van der Waals surface area contributed by atoms with Crippen LogP contribution < -0.4 is 10.1 Å². The van der Waals surface area contributed by atoms with Crippen LogP contribution in [0, 0.1) is 5.92 Å². The van der Waals surface area contributed by atoms with Crippen molar-refractivity contribution in [1.29, 1.82) is 0 Å². The minimum Gasteiger partial charge on any atom is -0.457 e. The predicted octanol–water partition coefficient (Wildman–Crippen LogP) is 3.24. The molecule has 12 heteroatoms. The summed E-state index contributed by atoms with van der Waals surface area (Å²) >= 11 is 12.0. The molecule has 1 aromatic rings. The summed E-state index contributed by atoms with van der Waals surface area (Å²) in [4.78, 5) is 31.2. The van der Waals surface area contributed by atoms with Crippen LogP contribution in [0.4, 0.5) is 0 Å².